The SMILES string of the molecule is CC(C)c1cccc(N(C)C(=O)c2cccc(N)c2)c1. The molecule has 1 amide bonds. The van der Waals surface area contributed by atoms with E-state index in [0.29, 0.717) is 17.2 Å². The molecule has 2 N–H and O–H groups in total. The van der Waals surface area contributed by atoms with Gasteiger partial charge in [0, 0.05) is 24.0 Å². The molecule has 0 fully saturated rings. The van der Waals surface area contributed by atoms with Gasteiger partial charge in [-0.2, -0.15) is 0 Å². The second-order valence-electron chi connectivity index (χ2n) is 5.24. The van der Waals surface area contributed by atoms with Crippen molar-refractivity contribution in [2.45, 2.75) is 19.8 Å². The van der Waals surface area contributed by atoms with Crippen LogP contribution in [-0.2, 0) is 0 Å². The second kappa shape index (κ2) is 5.78. The molecule has 2 aromatic carbocycles. The highest BCUT2D eigenvalue weighted by Crippen LogP contribution is 2.22. The molecule has 0 heterocycles. The van der Waals surface area contributed by atoms with Crippen molar-refractivity contribution in [1.82, 2.24) is 0 Å². The van der Waals surface area contributed by atoms with Crippen LogP contribution in [0.15, 0.2) is 48.5 Å². The predicted octanol–water partition coefficient (Wildman–Crippen LogP) is 3.67. The lowest BCUT2D eigenvalue weighted by atomic mass is 10.0. The first-order valence-corrected chi connectivity index (χ1v) is 6.72. The highest BCUT2D eigenvalue weighted by atomic mass is 16.2. The molecule has 104 valence electrons. The molecule has 0 unspecified atom stereocenters. The summed E-state index contributed by atoms with van der Waals surface area (Å²) in [7, 11) is 1.78. The number of carbonyl (C=O) groups is 1. The smallest absolute Gasteiger partial charge is 0.258 e. The molecule has 0 atom stereocenters. The van der Waals surface area contributed by atoms with Crippen LogP contribution in [-0.4, -0.2) is 13.0 Å². The van der Waals surface area contributed by atoms with Gasteiger partial charge in [-0.25, -0.2) is 0 Å². The molecule has 0 radical (unpaired) electrons. The molecule has 0 aromatic heterocycles. The van der Waals surface area contributed by atoms with Gasteiger partial charge in [-0.1, -0.05) is 32.0 Å². The third-order valence-electron chi connectivity index (χ3n) is 3.36. The summed E-state index contributed by atoms with van der Waals surface area (Å²) in [5, 5.41) is 0. The van der Waals surface area contributed by atoms with Crippen molar-refractivity contribution in [2.24, 2.45) is 0 Å². The van der Waals surface area contributed by atoms with Crippen molar-refractivity contribution in [2.75, 3.05) is 17.7 Å². The highest BCUT2D eigenvalue weighted by Gasteiger charge is 2.14. The Morgan fingerprint density at radius 1 is 1.10 bits per heavy atom. The van der Waals surface area contributed by atoms with E-state index in [1.54, 1.807) is 36.2 Å². The fraction of sp³-hybridized carbons (Fsp3) is 0.235. The Kier molecular flexibility index (Phi) is 4.08. The maximum atomic E-state index is 12.4. The van der Waals surface area contributed by atoms with Crippen molar-refractivity contribution in [3.05, 3.63) is 59.7 Å². The summed E-state index contributed by atoms with van der Waals surface area (Å²) in [6.07, 6.45) is 0. The number of nitrogens with zero attached hydrogens (tertiary/aromatic N) is 1. The molecule has 0 aliphatic carbocycles. The Hall–Kier alpha value is -2.29. The quantitative estimate of drug-likeness (QED) is 0.863. The van der Waals surface area contributed by atoms with Gasteiger partial charge in [-0.3, -0.25) is 4.79 Å². The van der Waals surface area contributed by atoms with E-state index in [1.807, 2.05) is 12.1 Å². The minimum absolute atomic E-state index is 0.0572. The largest absolute Gasteiger partial charge is 0.399 e. The molecule has 0 aliphatic rings. The highest BCUT2D eigenvalue weighted by molar-refractivity contribution is 6.06. The number of amides is 1. The van der Waals surface area contributed by atoms with Gasteiger partial charge in [0.1, 0.15) is 0 Å². The maximum absolute atomic E-state index is 12.4. The van der Waals surface area contributed by atoms with Crippen LogP contribution in [0.5, 0.6) is 0 Å². The van der Waals surface area contributed by atoms with Gasteiger partial charge in [0.05, 0.1) is 0 Å². The Morgan fingerprint density at radius 2 is 1.80 bits per heavy atom. The minimum Gasteiger partial charge on any atom is -0.399 e. The van der Waals surface area contributed by atoms with Crippen molar-refractivity contribution in [3.63, 3.8) is 0 Å². The maximum Gasteiger partial charge on any atom is 0.258 e. The molecule has 3 heteroatoms. The molecular weight excluding hydrogens is 248 g/mol. The number of rotatable bonds is 3. The summed E-state index contributed by atoms with van der Waals surface area (Å²) in [6, 6.07) is 15.1. The van der Waals surface area contributed by atoms with Gasteiger partial charge in [0.15, 0.2) is 0 Å². The fourth-order valence-corrected chi connectivity index (χ4v) is 2.08. The summed E-state index contributed by atoms with van der Waals surface area (Å²) in [5.74, 6) is 0.379. The van der Waals surface area contributed by atoms with Crippen molar-refractivity contribution in [3.8, 4) is 0 Å². The van der Waals surface area contributed by atoms with Crippen molar-refractivity contribution >= 4 is 17.3 Å². The van der Waals surface area contributed by atoms with Gasteiger partial charge in [-0.15, -0.1) is 0 Å². The Bertz CT molecular complexity index is 620. The second-order valence-corrected chi connectivity index (χ2v) is 5.24. The molecule has 0 saturated heterocycles. The molecule has 3 nitrogen and oxygen atoms in total. The van der Waals surface area contributed by atoms with Crippen molar-refractivity contribution in [1.29, 1.82) is 0 Å². The van der Waals surface area contributed by atoms with Gasteiger partial charge < -0.3 is 10.6 Å². The zero-order valence-corrected chi connectivity index (χ0v) is 12.1. The van der Waals surface area contributed by atoms with E-state index in [0.717, 1.165) is 5.69 Å². The topological polar surface area (TPSA) is 46.3 Å². The molecule has 0 spiro atoms. The van der Waals surface area contributed by atoms with Crippen LogP contribution >= 0.6 is 0 Å². The van der Waals surface area contributed by atoms with Gasteiger partial charge in [0.2, 0.25) is 0 Å². The standard InChI is InChI=1S/C17H20N2O/c1-12(2)13-6-5-9-16(11-13)19(3)17(20)14-7-4-8-15(18)10-14/h4-12H,18H2,1-3H3. The average Bonchev–Trinajstić information content (AvgIpc) is 2.45. The Balaban J connectivity index is 2.29. The predicted molar refractivity (Wildman–Crippen MR) is 84.1 cm³/mol. The number of hydrogen-bond donors (Lipinski definition) is 1. The fourth-order valence-electron chi connectivity index (χ4n) is 2.08. The minimum atomic E-state index is -0.0572. The Labute approximate surface area is 120 Å². The third kappa shape index (κ3) is 2.99. The molecule has 2 rings (SSSR count). The third-order valence-corrected chi connectivity index (χ3v) is 3.36. The zero-order chi connectivity index (χ0) is 14.7. The van der Waals surface area contributed by atoms with E-state index in [9.17, 15) is 4.79 Å². The number of carbonyl (C=O) groups excluding carboxylic acids is 1. The Morgan fingerprint density at radius 3 is 2.45 bits per heavy atom. The summed E-state index contributed by atoms with van der Waals surface area (Å²) in [5.41, 5.74) is 9.03. The lowest BCUT2D eigenvalue weighted by Gasteiger charge is -2.19. The van der Waals surface area contributed by atoms with Crippen LogP contribution in [0.25, 0.3) is 0 Å². The van der Waals surface area contributed by atoms with Gasteiger partial charge >= 0.3 is 0 Å². The average molecular weight is 268 g/mol. The van der Waals surface area contributed by atoms with Gasteiger partial charge in [0.25, 0.3) is 5.91 Å². The van der Waals surface area contributed by atoms with E-state index in [4.69, 9.17) is 5.73 Å². The first-order valence-electron chi connectivity index (χ1n) is 6.72. The summed E-state index contributed by atoms with van der Waals surface area (Å²) >= 11 is 0. The molecule has 0 aliphatic heterocycles. The lowest BCUT2D eigenvalue weighted by Crippen LogP contribution is -2.26. The normalized spacial score (nSPS) is 10.6. The number of benzene rings is 2. The van der Waals surface area contributed by atoms with E-state index < -0.39 is 0 Å². The van der Waals surface area contributed by atoms with E-state index in [2.05, 4.69) is 26.0 Å². The molecule has 2 aromatic rings. The van der Waals surface area contributed by atoms with Crippen LogP contribution in [0.2, 0.25) is 0 Å². The molecule has 0 bridgehead atoms. The van der Waals surface area contributed by atoms with Crippen LogP contribution in [0.1, 0.15) is 35.7 Å². The van der Waals surface area contributed by atoms with Crippen molar-refractivity contribution < 1.29 is 4.79 Å². The summed E-state index contributed by atoms with van der Waals surface area (Å²) in [6.45, 7) is 4.28. The molecule has 0 saturated carbocycles. The number of nitrogens with two attached hydrogens (primary N) is 1. The number of hydrogen-bond acceptors (Lipinski definition) is 2. The van der Waals surface area contributed by atoms with Gasteiger partial charge in [-0.05, 0) is 41.8 Å². The van der Waals surface area contributed by atoms with Crippen LogP contribution in [0.4, 0.5) is 11.4 Å². The zero-order valence-electron chi connectivity index (χ0n) is 12.1. The van der Waals surface area contributed by atoms with Crippen LogP contribution in [0, 0.1) is 0 Å². The van der Waals surface area contributed by atoms with E-state index in [1.165, 1.54) is 5.56 Å². The van der Waals surface area contributed by atoms with Crippen LogP contribution < -0.4 is 10.6 Å². The van der Waals surface area contributed by atoms with E-state index in [-0.39, 0.29) is 5.91 Å². The summed E-state index contributed by atoms with van der Waals surface area (Å²) in [4.78, 5) is 14.1. The first-order chi connectivity index (χ1) is 9.49. The molecular formula is C17H20N2O. The number of anilines is 2. The monoisotopic (exact) mass is 268 g/mol. The molecule has 20 heavy (non-hydrogen) atoms. The lowest BCUT2D eigenvalue weighted by molar-refractivity contribution is 0.0993. The van der Waals surface area contributed by atoms with E-state index >= 15 is 0 Å². The number of nitrogen functional groups attached to an aromatic ring is 1. The first kappa shape index (κ1) is 14.1. The summed E-state index contributed by atoms with van der Waals surface area (Å²) < 4.78 is 0. The van der Waals surface area contributed by atoms with Crippen LogP contribution in [0.3, 0.4) is 0 Å².